The highest BCUT2D eigenvalue weighted by Crippen LogP contribution is 2.25. The average molecular weight is 412 g/mol. The summed E-state index contributed by atoms with van der Waals surface area (Å²) in [6.45, 7) is 0.733. The van der Waals surface area contributed by atoms with Gasteiger partial charge in [-0.1, -0.05) is 35.9 Å². The topological polar surface area (TPSA) is 78.5 Å². The van der Waals surface area contributed by atoms with E-state index in [9.17, 15) is 14.4 Å². The van der Waals surface area contributed by atoms with Gasteiger partial charge in [0.15, 0.2) is 0 Å². The van der Waals surface area contributed by atoms with Gasteiger partial charge in [-0.15, -0.1) is 0 Å². The third-order valence-electron chi connectivity index (χ3n) is 5.21. The molecule has 3 amide bonds. The number of carbonyl (C=O) groups is 3. The Morgan fingerprint density at radius 1 is 1.10 bits per heavy atom. The van der Waals surface area contributed by atoms with Gasteiger partial charge in [0.25, 0.3) is 5.91 Å². The number of halogens is 1. The van der Waals surface area contributed by atoms with Crippen LogP contribution in [0.3, 0.4) is 0 Å². The number of rotatable bonds is 6. The molecule has 4 rings (SSSR count). The van der Waals surface area contributed by atoms with Crippen molar-refractivity contribution in [3.05, 3.63) is 64.7 Å². The number of likely N-dealkylation sites (tertiary alicyclic amines) is 1. The quantitative estimate of drug-likeness (QED) is 0.766. The summed E-state index contributed by atoms with van der Waals surface area (Å²) in [6, 6.07) is 14.5. The Morgan fingerprint density at radius 2 is 1.90 bits per heavy atom. The lowest BCUT2D eigenvalue weighted by Crippen LogP contribution is -2.28. The van der Waals surface area contributed by atoms with Gasteiger partial charge in [-0.3, -0.25) is 14.4 Å². The van der Waals surface area contributed by atoms with Crippen LogP contribution >= 0.6 is 11.6 Å². The fourth-order valence-electron chi connectivity index (χ4n) is 3.41. The molecule has 2 aliphatic rings. The summed E-state index contributed by atoms with van der Waals surface area (Å²) in [5.74, 6) is -0.859. The molecule has 0 spiro atoms. The fourth-order valence-corrected chi connectivity index (χ4v) is 3.61. The largest absolute Gasteiger partial charge is 0.349 e. The average Bonchev–Trinajstić information content (AvgIpc) is 3.44. The Morgan fingerprint density at radius 3 is 2.66 bits per heavy atom. The van der Waals surface area contributed by atoms with Gasteiger partial charge < -0.3 is 15.5 Å². The summed E-state index contributed by atoms with van der Waals surface area (Å²) >= 11 is 6.18. The molecule has 1 aliphatic heterocycles. The molecule has 0 bridgehead atoms. The van der Waals surface area contributed by atoms with Crippen molar-refractivity contribution in [3.63, 3.8) is 0 Å². The monoisotopic (exact) mass is 411 g/mol. The van der Waals surface area contributed by atoms with Crippen molar-refractivity contribution in [2.24, 2.45) is 5.92 Å². The Labute approximate surface area is 174 Å². The second-order valence-electron chi connectivity index (χ2n) is 7.58. The molecule has 2 fully saturated rings. The number of hydrogen-bond donors (Lipinski definition) is 2. The third kappa shape index (κ3) is 4.77. The van der Waals surface area contributed by atoms with E-state index in [0.717, 1.165) is 18.4 Å². The molecule has 1 aliphatic carbocycles. The summed E-state index contributed by atoms with van der Waals surface area (Å²) in [4.78, 5) is 38.9. The van der Waals surface area contributed by atoms with Gasteiger partial charge in [-0.2, -0.15) is 0 Å². The van der Waals surface area contributed by atoms with E-state index < -0.39 is 5.92 Å². The van der Waals surface area contributed by atoms with E-state index >= 15 is 0 Å². The predicted molar refractivity (Wildman–Crippen MR) is 111 cm³/mol. The minimum Gasteiger partial charge on any atom is -0.349 e. The van der Waals surface area contributed by atoms with Crippen molar-refractivity contribution in [1.82, 2.24) is 10.2 Å². The van der Waals surface area contributed by atoms with E-state index in [4.69, 9.17) is 11.6 Å². The molecular weight excluding hydrogens is 390 g/mol. The van der Waals surface area contributed by atoms with E-state index in [1.165, 1.54) is 0 Å². The highest BCUT2D eigenvalue weighted by atomic mass is 35.5. The fraction of sp³-hybridized carbons (Fsp3) is 0.318. The van der Waals surface area contributed by atoms with Crippen molar-refractivity contribution in [2.75, 3.05) is 11.9 Å². The molecule has 0 radical (unpaired) electrons. The first-order valence-corrected chi connectivity index (χ1v) is 10.1. The maximum absolute atomic E-state index is 12.7. The Kier molecular flexibility index (Phi) is 5.53. The number of nitrogens with one attached hydrogen (secondary N) is 2. The van der Waals surface area contributed by atoms with E-state index in [1.807, 2.05) is 18.2 Å². The molecule has 1 saturated heterocycles. The SMILES string of the molecule is O=C(NC1CC1)c1cccc(NC(=O)[C@@H]2CC(=O)N(Cc3ccccc3Cl)C2)c1. The predicted octanol–water partition coefficient (Wildman–Crippen LogP) is 3.22. The zero-order valence-corrected chi connectivity index (χ0v) is 16.6. The van der Waals surface area contributed by atoms with Crippen LogP contribution in [0.4, 0.5) is 5.69 Å². The normalized spacial score (nSPS) is 18.6. The molecule has 1 atom stereocenters. The Bertz CT molecular complexity index is 958. The molecular formula is C22H22ClN3O3. The van der Waals surface area contributed by atoms with Crippen LogP contribution < -0.4 is 10.6 Å². The molecule has 29 heavy (non-hydrogen) atoms. The number of benzene rings is 2. The molecule has 7 heteroatoms. The first-order valence-electron chi connectivity index (χ1n) is 9.72. The smallest absolute Gasteiger partial charge is 0.251 e. The number of amides is 3. The summed E-state index contributed by atoms with van der Waals surface area (Å²) in [5.41, 5.74) is 1.92. The number of anilines is 1. The van der Waals surface area contributed by atoms with E-state index in [2.05, 4.69) is 10.6 Å². The van der Waals surface area contributed by atoms with Crippen molar-refractivity contribution in [1.29, 1.82) is 0 Å². The standard InChI is InChI=1S/C22H22ClN3O3/c23-19-7-2-1-4-15(19)12-26-13-16(11-20(26)27)22(29)25-18-6-3-5-14(10-18)21(28)24-17-8-9-17/h1-7,10,16-17H,8-9,11-13H2,(H,24,28)(H,25,29)/t16-/m1/s1. The van der Waals surface area contributed by atoms with Crippen LogP contribution in [0.15, 0.2) is 48.5 Å². The van der Waals surface area contributed by atoms with Gasteiger partial charge in [-0.05, 0) is 42.7 Å². The molecule has 6 nitrogen and oxygen atoms in total. The molecule has 1 heterocycles. The van der Waals surface area contributed by atoms with Crippen LogP contribution in [0.5, 0.6) is 0 Å². The van der Waals surface area contributed by atoms with Crippen molar-refractivity contribution >= 4 is 35.0 Å². The summed E-state index contributed by atoms with van der Waals surface area (Å²) < 4.78 is 0. The van der Waals surface area contributed by atoms with Crippen LogP contribution in [0.1, 0.15) is 35.2 Å². The lowest BCUT2D eigenvalue weighted by atomic mass is 10.1. The van der Waals surface area contributed by atoms with Crippen molar-refractivity contribution in [3.8, 4) is 0 Å². The molecule has 150 valence electrons. The minimum atomic E-state index is -0.436. The van der Waals surface area contributed by atoms with Crippen LogP contribution in [0.25, 0.3) is 0 Å². The van der Waals surface area contributed by atoms with Crippen LogP contribution in [-0.4, -0.2) is 35.2 Å². The Balaban J connectivity index is 1.37. The second kappa shape index (κ2) is 8.25. The van der Waals surface area contributed by atoms with Gasteiger partial charge in [0.1, 0.15) is 0 Å². The molecule has 2 aromatic carbocycles. The number of nitrogens with zero attached hydrogens (tertiary/aromatic N) is 1. The van der Waals surface area contributed by atoms with Crippen molar-refractivity contribution in [2.45, 2.75) is 31.8 Å². The van der Waals surface area contributed by atoms with E-state index in [0.29, 0.717) is 29.4 Å². The lowest BCUT2D eigenvalue weighted by Gasteiger charge is -2.17. The van der Waals surface area contributed by atoms with Crippen molar-refractivity contribution < 1.29 is 14.4 Å². The molecule has 0 aromatic heterocycles. The highest BCUT2D eigenvalue weighted by Gasteiger charge is 2.34. The summed E-state index contributed by atoms with van der Waals surface area (Å²) in [5, 5.41) is 6.38. The summed E-state index contributed by atoms with van der Waals surface area (Å²) in [7, 11) is 0. The third-order valence-corrected chi connectivity index (χ3v) is 5.58. The molecule has 2 N–H and O–H groups in total. The molecule has 0 unspecified atom stereocenters. The summed E-state index contributed by atoms with van der Waals surface area (Å²) in [6.07, 6.45) is 2.20. The van der Waals surface area contributed by atoms with E-state index in [1.54, 1.807) is 35.2 Å². The molecule has 1 saturated carbocycles. The van der Waals surface area contributed by atoms with E-state index in [-0.39, 0.29) is 30.2 Å². The van der Waals surface area contributed by atoms with Crippen LogP contribution in [-0.2, 0) is 16.1 Å². The molecule has 2 aromatic rings. The first-order chi connectivity index (χ1) is 14.0. The van der Waals surface area contributed by atoms with Crippen LogP contribution in [0.2, 0.25) is 5.02 Å². The zero-order chi connectivity index (χ0) is 20.4. The second-order valence-corrected chi connectivity index (χ2v) is 7.99. The Hall–Kier alpha value is -2.86. The highest BCUT2D eigenvalue weighted by molar-refractivity contribution is 6.31. The zero-order valence-electron chi connectivity index (χ0n) is 15.9. The van der Waals surface area contributed by atoms with Crippen LogP contribution in [0, 0.1) is 5.92 Å². The lowest BCUT2D eigenvalue weighted by molar-refractivity contribution is -0.128. The maximum atomic E-state index is 12.7. The first kappa shape index (κ1) is 19.5. The van der Waals surface area contributed by atoms with Gasteiger partial charge in [0.2, 0.25) is 11.8 Å². The number of carbonyl (C=O) groups excluding carboxylic acids is 3. The minimum absolute atomic E-state index is 0.0670. The number of hydrogen-bond acceptors (Lipinski definition) is 3. The van der Waals surface area contributed by atoms with Gasteiger partial charge in [0, 0.05) is 41.8 Å². The maximum Gasteiger partial charge on any atom is 0.251 e. The van der Waals surface area contributed by atoms with Gasteiger partial charge >= 0.3 is 0 Å². The van der Waals surface area contributed by atoms with Gasteiger partial charge in [-0.25, -0.2) is 0 Å². The van der Waals surface area contributed by atoms with Gasteiger partial charge in [0.05, 0.1) is 5.92 Å².